The number of hydrogen-bond donors (Lipinski definition) is 1. The first-order chi connectivity index (χ1) is 7.24. The van der Waals surface area contributed by atoms with Gasteiger partial charge in [-0.05, 0) is 32.6 Å². The average Bonchev–Trinajstić information content (AvgIpc) is 2.29. The molecule has 0 radical (unpaired) electrons. The van der Waals surface area contributed by atoms with Crippen LogP contribution in [-0.4, -0.2) is 38.4 Å². The fraction of sp³-hybridized carbons (Fsp3) is 0.909. The molecule has 0 aliphatic carbocycles. The molecular formula is C11H21NO3. The predicted molar refractivity (Wildman–Crippen MR) is 57.7 cm³/mol. The Bertz CT molecular complexity index is 190. The van der Waals surface area contributed by atoms with Gasteiger partial charge in [0.05, 0.1) is 6.10 Å². The number of rotatable bonds is 5. The number of methoxy groups -OCH3 is 1. The number of amides is 1. The van der Waals surface area contributed by atoms with Gasteiger partial charge in [0, 0.05) is 20.3 Å². The second kappa shape index (κ2) is 6.80. The number of carbonyl (C=O) groups excluding carboxylic acids is 1. The van der Waals surface area contributed by atoms with Crippen LogP contribution < -0.4 is 5.32 Å². The third-order valence-corrected chi connectivity index (χ3v) is 2.76. The summed E-state index contributed by atoms with van der Waals surface area (Å²) in [6.07, 6.45) is 4.41. The molecule has 1 aliphatic heterocycles. The van der Waals surface area contributed by atoms with Crippen LogP contribution in [0.3, 0.4) is 0 Å². The highest BCUT2D eigenvalue weighted by molar-refractivity contribution is 5.80. The summed E-state index contributed by atoms with van der Waals surface area (Å²) in [6, 6.07) is 0. The molecule has 0 aromatic rings. The van der Waals surface area contributed by atoms with Gasteiger partial charge >= 0.3 is 0 Å². The van der Waals surface area contributed by atoms with Gasteiger partial charge in [0.15, 0.2) is 0 Å². The Labute approximate surface area is 91.3 Å². The summed E-state index contributed by atoms with van der Waals surface area (Å²) in [4.78, 5) is 11.3. The van der Waals surface area contributed by atoms with E-state index in [1.165, 1.54) is 20.0 Å². The van der Waals surface area contributed by atoms with E-state index in [0.717, 1.165) is 19.4 Å². The molecule has 4 heteroatoms. The van der Waals surface area contributed by atoms with Crippen LogP contribution in [0.5, 0.6) is 0 Å². The second-order valence-corrected chi connectivity index (χ2v) is 3.95. The number of carbonyl (C=O) groups is 1. The molecule has 1 rings (SSSR count). The van der Waals surface area contributed by atoms with Gasteiger partial charge in [-0.2, -0.15) is 0 Å². The van der Waals surface area contributed by atoms with Crippen LogP contribution in [0.25, 0.3) is 0 Å². The van der Waals surface area contributed by atoms with Gasteiger partial charge < -0.3 is 14.8 Å². The van der Waals surface area contributed by atoms with Crippen molar-refractivity contribution < 1.29 is 14.3 Å². The fourth-order valence-electron chi connectivity index (χ4n) is 1.64. The summed E-state index contributed by atoms with van der Waals surface area (Å²) in [5.41, 5.74) is 0. The predicted octanol–water partition coefficient (Wildman–Crippen LogP) is 1.10. The maximum absolute atomic E-state index is 11.3. The maximum Gasteiger partial charge on any atom is 0.248 e. The number of nitrogens with one attached hydrogen (secondary N) is 1. The van der Waals surface area contributed by atoms with Gasteiger partial charge in [-0.1, -0.05) is 0 Å². The van der Waals surface area contributed by atoms with Gasteiger partial charge in [0.2, 0.25) is 5.91 Å². The van der Waals surface area contributed by atoms with E-state index in [2.05, 4.69) is 5.32 Å². The van der Waals surface area contributed by atoms with Crippen molar-refractivity contribution in [3.05, 3.63) is 0 Å². The first-order valence-corrected chi connectivity index (χ1v) is 5.66. The maximum atomic E-state index is 11.3. The highest BCUT2D eigenvalue weighted by Gasteiger charge is 2.15. The van der Waals surface area contributed by atoms with E-state index < -0.39 is 0 Å². The Morgan fingerprint density at radius 1 is 1.60 bits per heavy atom. The van der Waals surface area contributed by atoms with Crippen molar-refractivity contribution >= 4 is 5.91 Å². The van der Waals surface area contributed by atoms with Gasteiger partial charge in [-0.3, -0.25) is 4.79 Å². The highest BCUT2D eigenvalue weighted by atomic mass is 16.5. The summed E-state index contributed by atoms with van der Waals surface area (Å²) in [6.45, 7) is 3.29. The van der Waals surface area contributed by atoms with Crippen LogP contribution >= 0.6 is 0 Å². The van der Waals surface area contributed by atoms with E-state index in [1.807, 2.05) is 0 Å². The topological polar surface area (TPSA) is 47.6 Å². The van der Waals surface area contributed by atoms with Crippen LogP contribution in [0.2, 0.25) is 0 Å². The SMILES string of the molecule is COC(C)C(=O)NCCC1CCCCO1. The van der Waals surface area contributed by atoms with Crippen molar-refractivity contribution in [1.82, 2.24) is 5.32 Å². The third kappa shape index (κ3) is 4.62. The Morgan fingerprint density at radius 2 is 2.40 bits per heavy atom. The minimum atomic E-state index is -0.364. The summed E-state index contributed by atoms with van der Waals surface area (Å²) >= 11 is 0. The lowest BCUT2D eigenvalue weighted by molar-refractivity contribution is -0.130. The summed E-state index contributed by atoms with van der Waals surface area (Å²) < 4.78 is 10.5. The van der Waals surface area contributed by atoms with Crippen LogP contribution in [0.4, 0.5) is 0 Å². The van der Waals surface area contributed by atoms with Crippen molar-refractivity contribution in [2.24, 2.45) is 0 Å². The molecule has 4 nitrogen and oxygen atoms in total. The standard InChI is InChI=1S/C11H21NO3/c1-9(14-2)11(13)12-7-6-10-5-3-4-8-15-10/h9-10H,3-8H2,1-2H3,(H,12,13). The number of ether oxygens (including phenoxy) is 2. The lowest BCUT2D eigenvalue weighted by Crippen LogP contribution is -2.36. The van der Waals surface area contributed by atoms with E-state index >= 15 is 0 Å². The molecule has 2 atom stereocenters. The molecule has 1 saturated heterocycles. The van der Waals surface area contributed by atoms with E-state index in [4.69, 9.17) is 9.47 Å². The van der Waals surface area contributed by atoms with Crippen molar-refractivity contribution in [2.75, 3.05) is 20.3 Å². The lowest BCUT2D eigenvalue weighted by Gasteiger charge is -2.22. The zero-order valence-corrected chi connectivity index (χ0v) is 9.62. The molecular weight excluding hydrogens is 194 g/mol. The molecule has 1 fully saturated rings. The van der Waals surface area contributed by atoms with E-state index in [-0.39, 0.29) is 12.0 Å². The zero-order valence-electron chi connectivity index (χ0n) is 9.62. The lowest BCUT2D eigenvalue weighted by atomic mass is 10.1. The van der Waals surface area contributed by atoms with E-state index in [9.17, 15) is 4.79 Å². The summed E-state index contributed by atoms with van der Waals surface area (Å²) in [5.74, 6) is -0.0479. The Kier molecular flexibility index (Phi) is 5.65. The van der Waals surface area contributed by atoms with Gasteiger partial charge in [-0.15, -0.1) is 0 Å². The van der Waals surface area contributed by atoms with Crippen LogP contribution in [0.1, 0.15) is 32.6 Å². The van der Waals surface area contributed by atoms with Crippen molar-refractivity contribution in [3.63, 3.8) is 0 Å². The van der Waals surface area contributed by atoms with Gasteiger partial charge in [0.25, 0.3) is 0 Å². The largest absolute Gasteiger partial charge is 0.378 e. The molecule has 15 heavy (non-hydrogen) atoms. The quantitative estimate of drug-likeness (QED) is 0.747. The summed E-state index contributed by atoms with van der Waals surface area (Å²) in [7, 11) is 1.54. The molecule has 1 heterocycles. The normalized spacial score (nSPS) is 23.5. The van der Waals surface area contributed by atoms with E-state index in [1.54, 1.807) is 6.92 Å². The first kappa shape index (κ1) is 12.5. The zero-order chi connectivity index (χ0) is 11.1. The Hall–Kier alpha value is -0.610. The smallest absolute Gasteiger partial charge is 0.248 e. The third-order valence-electron chi connectivity index (χ3n) is 2.76. The molecule has 0 aromatic heterocycles. The second-order valence-electron chi connectivity index (χ2n) is 3.95. The molecule has 2 unspecified atom stereocenters. The molecule has 1 amide bonds. The van der Waals surface area contributed by atoms with Gasteiger partial charge in [0.1, 0.15) is 6.10 Å². The Balaban J connectivity index is 2.07. The molecule has 88 valence electrons. The molecule has 1 N–H and O–H groups in total. The molecule has 0 bridgehead atoms. The number of hydrogen-bond acceptors (Lipinski definition) is 3. The molecule has 0 spiro atoms. The minimum Gasteiger partial charge on any atom is -0.378 e. The van der Waals surface area contributed by atoms with Crippen LogP contribution in [-0.2, 0) is 14.3 Å². The minimum absolute atomic E-state index is 0.0479. The fourth-order valence-corrected chi connectivity index (χ4v) is 1.64. The molecule has 0 saturated carbocycles. The average molecular weight is 215 g/mol. The van der Waals surface area contributed by atoms with Crippen molar-refractivity contribution in [3.8, 4) is 0 Å². The highest BCUT2D eigenvalue weighted by Crippen LogP contribution is 2.14. The summed E-state index contributed by atoms with van der Waals surface area (Å²) in [5, 5.41) is 2.84. The molecule has 0 aromatic carbocycles. The van der Waals surface area contributed by atoms with Gasteiger partial charge in [-0.25, -0.2) is 0 Å². The van der Waals surface area contributed by atoms with Crippen LogP contribution in [0.15, 0.2) is 0 Å². The van der Waals surface area contributed by atoms with Crippen molar-refractivity contribution in [2.45, 2.75) is 44.8 Å². The monoisotopic (exact) mass is 215 g/mol. The van der Waals surface area contributed by atoms with E-state index in [0.29, 0.717) is 12.6 Å². The first-order valence-electron chi connectivity index (χ1n) is 5.66. The van der Waals surface area contributed by atoms with Crippen molar-refractivity contribution in [1.29, 1.82) is 0 Å². The molecule has 1 aliphatic rings. The van der Waals surface area contributed by atoms with Crippen LogP contribution in [0, 0.1) is 0 Å². The Morgan fingerprint density at radius 3 is 3.00 bits per heavy atom.